The van der Waals surface area contributed by atoms with Gasteiger partial charge in [0.25, 0.3) is 5.91 Å². The van der Waals surface area contributed by atoms with Crippen molar-refractivity contribution in [3.63, 3.8) is 0 Å². The van der Waals surface area contributed by atoms with E-state index in [9.17, 15) is 14.9 Å². The minimum atomic E-state index is -0.525. The minimum absolute atomic E-state index is 0.110. The first kappa shape index (κ1) is 19.1. The standard InChI is InChI=1S/C20H18N6O4/c1-14-3-2-4-15(9-14)11-24-8-7-19(23-24)22-20(27)18-6-5-17(30-18)13-25-12-16(10-21-25)26(28)29/h2-10,12H,11,13H2,1H3,(H,22,23,27). The van der Waals surface area contributed by atoms with Gasteiger partial charge in [0.1, 0.15) is 18.2 Å². The number of hydrogen-bond acceptors (Lipinski definition) is 6. The van der Waals surface area contributed by atoms with Gasteiger partial charge in [0.05, 0.1) is 18.0 Å². The van der Waals surface area contributed by atoms with Crippen molar-refractivity contribution in [1.82, 2.24) is 19.6 Å². The summed E-state index contributed by atoms with van der Waals surface area (Å²) in [5.74, 6) is 0.532. The lowest BCUT2D eigenvalue weighted by molar-refractivity contribution is -0.385. The van der Waals surface area contributed by atoms with Gasteiger partial charge in [-0.05, 0) is 24.6 Å². The predicted octanol–water partition coefficient (Wildman–Crippen LogP) is 3.24. The molecule has 0 bridgehead atoms. The molecule has 1 N–H and O–H groups in total. The smallest absolute Gasteiger partial charge is 0.307 e. The summed E-state index contributed by atoms with van der Waals surface area (Å²) >= 11 is 0. The summed E-state index contributed by atoms with van der Waals surface area (Å²) in [5, 5.41) is 21.7. The van der Waals surface area contributed by atoms with E-state index in [4.69, 9.17) is 4.42 Å². The summed E-state index contributed by atoms with van der Waals surface area (Å²) in [6.45, 7) is 2.80. The Kier molecular flexibility index (Phi) is 5.12. The Morgan fingerprint density at radius 3 is 2.83 bits per heavy atom. The Labute approximate surface area is 170 Å². The molecule has 1 amide bonds. The lowest BCUT2D eigenvalue weighted by Gasteiger charge is -2.03. The second-order valence-corrected chi connectivity index (χ2v) is 6.76. The van der Waals surface area contributed by atoms with Crippen molar-refractivity contribution in [2.24, 2.45) is 0 Å². The molecule has 0 radical (unpaired) electrons. The molecule has 152 valence electrons. The highest BCUT2D eigenvalue weighted by Crippen LogP contribution is 2.15. The SMILES string of the molecule is Cc1cccc(Cn2ccc(NC(=O)c3ccc(Cn4cc([N+](=O)[O-])cn4)o3)n2)c1. The van der Waals surface area contributed by atoms with Gasteiger partial charge in [0.15, 0.2) is 11.6 Å². The molecule has 0 saturated heterocycles. The van der Waals surface area contributed by atoms with Crippen LogP contribution >= 0.6 is 0 Å². The fraction of sp³-hybridized carbons (Fsp3) is 0.150. The van der Waals surface area contributed by atoms with E-state index in [2.05, 4.69) is 21.6 Å². The van der Waals surface area contributed by atoms with Crippen molar-refractivity contribution in [1.29, 1.82) is 0 Å². The fourth-order valence-corrected chi connectivity index (χ4v) is 2.97. The highest BCUT2D eigenvalue weighted by molar-refractivity contribution is 6.01. The lowest BCUT2D eigenvalue weighted by Crippen LogP contribution is -2.12. The van der Waals surface area contributed by atoms with Crippen LogP contribution < -0.4 is 5.32 Å². The molecule has 0 saturated carbocycles. The van der Waals surface area contributed by atoms with E-state index in [0.29, 0.717) is 18.1 Å². The van der Waals surface area contributed by atoms with Crippen molar-refractivity contribution in [2.75, 3.05) is 5.32 Å². The van der Waals surface area contributed by atoms with Gasteiger partial charge in [-0.25, -0.2) is 0 Å². The number of anilines is 1. The second-order valence-electron chi connectivity index (χ2n) is 6.76. The molecule has 0 unspecified atom stereocenters. The number of carbonyl (C=O) groups is 1. The Hall–Kier alpha value is -4.21. The van der Waals surface area contributed by atoms with Crippen molar-refractivity contribution < 1.29 is 14.1 Å². The van der Waals surface area contributed by atoms with Crippen molar-refractivity contribution in [2.45, 2.75) is 20.0 Å². The average Bonchev–Trinajstić information content (AvgIpc) is 3.44. The molecular weight excluding hydrogens is 388 g/mol. The molecule has 3 heterocycles. The molecule has 0 aliphatic rings. The number of hydrogen-bond donors (Lipinski definition) is 1. The summed E-state index contributed by atoms with van der Waals surface area (Å²) in [6, 6.07) is 13.0. The maximum absolute atomic E-state index is 12.4. The average molecular weight is 406 g/mol. The van der Waals surface area contributed by atoms with E-state index < -0.39 is 10.8 Å². The molecule has 0 aliphatic heterocycles. The number of benzene rings is 1. The molecule has 0 atom stereocenters. The van der Waals surface area contributed by atoms with Crippen LogP contribution in [0.4, 0.5) is 11.5 Å². The number of nitrogens with one attached hydrogen (secondary N) is 1. The minimum Gasteiger partial charge on any atom is -0.454 e. The van der Waals surface area contributed by atoms with Crippen LogP contribution in [0.3, 0.4) is 0 Å². The van der Waals surface area contributed by atoms with E-state index >= 15 is 0 Å². The maximum Gasteiger partial charge on any atom is 0.307 e. The molecule has 4 rings (SSSR count). The number of amides is 1. The quantitative estimate of drug-likeness (QED) is 0.371. The Balaban J connectivity index is 1.37. The van der Waals surface area contributed by atoms with E-state index in [1.165, 1.54) is 22.5 Å². The largest absolute Gasteiger partial charge is 0.454 e. The Morgan fingerprint density at radius 2 is 2.07 bits per heavy atom. The molecule has 1 aromatic carbocycles. The molecule has 0 fully saturated rings. The Bertz CT molecular complexity index is 1210. The van der Waals surface area contributed by atoms with Gasteiger partial charge in [0.2, 0.25) is 0 Å². The first-order chi connectivity index (χ1) is 14.5. The van der Waals surface area contributed by atoms with Gasteiger partial charge in [-0.15, -0.1) is 0 Å². The molecule has 10 heteroatoms. The van der Waals surface area contributed by atoms with E-state index in [1.807, 2.05) is 25.1 Å². The third-order valence-corrected chi connectivity index (χ3v) is 4.34. The van der Waals surface area contributed by atoms with E-state index in [0.717, 1.165) is 11.8 Å². The number of aryl methyl sites for hydroxylation is 1. The van der Waals surface area contributed by atoms with Crippen LogP contribution in [0.25, 0.3) is 0 Å². The lowest BCUT2D eigenvalue weighted by atomic mass is 10.1. The fourth-order valence-electron chi connectivity index (χ4n) is 2.97. The summed E-state index contributed by atoms with van der Waals surface area (Å²) in [6.07, 6.45) is 4.24. The van der Waals surface area contributed by atoms with Crippen LogP contribution in [-0.2, 0) is 13.1 Å². The number of nitro groups is 1. The van der Waals surface area contributed by atoms with E-state index in [-0.39, 0.29) is 18.0 Å². The van der Waals surface area contributed by atoms with Crippen LogP contribution in [0.2, 0.25) is 0 Å². The summed E-state index contributed by atoms with van der Waals surface area (Å²) in [5.41, 5.74) is 2.18. The zero-order valence-corrected chi connectivity index (χ0v) is 16.1. The zero-order valence-electron chi connectivity index (χ0n) is 16.1. The Morgan fingerprint density at radius 1 is 1.20 bits per heavy atom. The van der Waals surface area contributed by atoms with Gasteiger partial charge in [-0.2, -0.15) is 10.2 Å². The van der Waals surface area contributed by atoms with Crippen LogP contribution in [-0.4, -0.2) is 30.4 Å². The van der Waals surface area contributed by atoms with Gasteiger partial charge >= 0.3 is 5.69 Å². The normalized spacial score (nSPS) is 10.8. The van der Waals surface area contributed by atoms with Crippen LogP contribution in [0.1, 0.15) is 27.4 Å². The van der Waals surface area contributed by atoms with Crippen LogP contribution in [0, 0.1) is 17.0 Å². The summed E-state index contributed by atoms with van der Waals surface area (Å²) in [7, 11) is 0. The molecule has 3 aromatic heterocycles. The molecule has 4 aromatic rings. The topological polar surface area (TPSA) is 121 Å². The van der Waals surface area contributed by atoms with Crippen LogP contribution in [0.15, 0.2) is 65.5 Å². The summed E-state index contributed by atoms with van der Waals surface area (Å²) < 4.78 is 8.63. The molecular formula is C20H18N6O4. The van der Waals surface area contributed by atoms with Gasteiger partial charge in [-0.3, -0.25) is 24.3 Å². The van der Waals surface area contributed by atoms with Crippen molar-refractivity contribution >= 4 is 17.4 Å². The van der Waals surface area contributed by atoms with Crippen molar-refractivity contribution in [3.8, 4) is 0 Å². The molecule has 0 aliphatic carbocycles. The molecule has 10 nitrogen and oxygen atoms in total. The first-order valence-corrected chi connectivity index (χ1v) is 9.12. The predicted molar refractivity (Wildman–Crippen MR) is 107 cm³/mol. The number of nitrogens with zero attached hydrogens (tertiary/aromatic N) is 5. The number of furan rings is 1. The van der Waals surface area contributed by atoms with Gasteiger partial charge < -0.3 is 9.73 Å². The maximum atomic E-state index is 12.4. The number of aromatic nitrogens is 4. The third-order valence-electron chi connectivity index (χ3n) is 4.34. The molecule has 0 spiro atoms. The number of rotatable bonds is 7. The third kappa shape index (κ3) is 4.43. The molecule has 30 heavy (non-hydrogen) atoms. The van der Waals surface area contributed by atoms with E-state index in [1.54, 1.807) is 23.0 Å². The monoisotopic (exact) mass is 406 g/mol. The zero-order chi connectivity index (χ0) is 21.1. The number of carbonyl (C=O) groups excluding carboxylic acids is 1. The van der Waals surface area contributed by atoms with Gasteiger partial charge in [0, 0.05) is 12.3 Å². The summed E-state index contributed by atoms with van der Waals surface area (Å²) in [4.78, 5) is 22.6. The van der Waals surface area contributed by atoms with Crippen molar-refractivity contribution in [3.05, 3.63) is 93.8 Å². The van der Waals surface area contributed by atoms with Gasteiger partial charge in [-0.1, -0.05) is 29.8 Å². The second kappa shape index (κ2) is 8.03. The highest BCUT2D eigenvalue weighted by Gasteiger charge is 2.15. The first-order valence-electron chi connectivity index (χ1n) is 9.12. The highest BCUT2D eigenvalue weighted by atomic mass is 16.6. The van der Waals surface area contributed by atoms with Crippen LogP contribution in [0.5, 0.6) is 0 Å².